The number of benzene rings is 1. The molecule has 0 bridgehead atoms. The lowest BCUT2D eigenvalue weighted by molar-refractivity contribution is -0.113. The topological polar surface area (TPSA) is 83.6 Å². The number of anilines is 1. The third kappa shape index (κ3) is 4.13. The lowest BCUT2D eigenvalue weighted by Gasteiger charge is -2.09. The van der Waals surface area contributed by atoms with Crippen LogP contribution in [0, 0.1) is 18.3 Å². The Bertz CT molecular complexity index is 1110. The minimum atomic E-state index is -0.127. The van der Waals surface area contributed by atoms with E-state index in [0.717, 1.165) is 49.2 Å². The number of nitrogens with zero attached hydrogens (tertiary/aromatic N) is 4. The van der Waals surface area contributed by atoms with Gasteiger partial charge in [0.05, 0.1) is 11.3 Å². The predicted molar refractivity (Wildman–Crippen MR) is 121 cm³/mol. The van der Waals surface area contributed by atoms with Gasteiger partial charge in [-0.1, -0.05) is 41.6 Å². The lowest BCUT2D eigenvalue weighted by Crippen LogP contribution is -2.14. The maximum atomic E-state index is 12.6. The van der Waals surface area contributed by atoms with Crippen LogP contribution in [0.2, 0.25) is 0 Å². The first kappa shape index (κ1) is 20.6. The van der Waals surface area contributed by atoms with Crippen molar-refractivity contribution in [3.63, 3.8) is 0 Å². The van der Waals surface area contributed by atoms with E-state index in [1.807, 2.05) is 23.6 Å². The second-order valence-corrected chi connectivity index (χ2v) is 9.33. The number of carbonyl (C=O) groups excluding carboxylic acids is 1. The first-order chi connectivity index (χ1) is 14.6. The SMILES string of the molecule is CCn1c(SCC(=O)Nc2sc3c(c2C#N)CCCC3)nnc1-c1ccc(C)cc1. The van der Waals surface area contributed by atoms with Crippen LogP contribution in [0.5, 0.6) is 0 Å². The third-order valence-electron chi connectivity index (χ3n) is 5.21. The van der Waals surface area contributed by atoms with Crippen molar-refractivity contribution in [2.24, 2.45) is 0 Å². The van der Waals surface area contributed by atoms with Crippen LogP contribution in [0.15, 0.2) is 29.4 Å². The zero-order valence-electron chi connectivity index (χ0n) is 17.1. The number of rotatable bonds is 6. The van der Waals surface area contributed by atoms with Gasteiger partial charge in [0.1, 0.15) is 11.1 Å². The molecule has 8 heteroatoms. The lowest BCUT2D eigenvalue weighted by atomic mass is 9.96. The molecule has 1 aromatic carbocycles. The Morgan fingerprint density at radius 3 is 2.77 bits per heavy atom. The number of hydrogen-bond acceptors (Lipinski definition) is 6. The molecule has 0 saturated heterocycles. The summed E-state index contributed by atoms with van der Waals surface area (Å²) in [5, 5.41) is 22.6. The van der Waals surface area contributed by atoms with Gasteiger partial charge in [-0.25, -0.2) is 0 Å². The summed E-state index contributed by atoms with van der Waals surface area (Å²) in [6.45, 7) is 4.81. The van der Waals surface area contributed by atoms with E-state index in [9.17, 15) is 10.1 Å². The highest BCUT2D eigenvalue weighted by Crippen LogP contribution is 2.37. The van der Waals surface area contributed by atoms with Gasteiger partial charge in [0.25, 0.3) is 0 Å². The molecule has 0 spiro atoms. The predicted octanol–water partition coefficient (Wildman–Crippen LogP) is 4.82. The zero-order chi connectivity index (χ0) is 21.1. The van der Waals surface area contributed by atoms with Crippen molar-refractivity contribution in [2.45, 2.75) is 51.2 Å². The van der Waals surface area contributed by atoms with Crippen molar-refractivity contribution in [1.82, 2.24) is 14.8 Å². The summed E-state index contributed by atoms with van der Waals surface area (Å²) in [4.78, 5) is 13.8. The number of aryl methyl sites for hydroxylation is 2. The van der Waals surface area contributed by atoms with Crippen LogP contribution in [-0.4, -0.2) is 26.4 Å². The molecule has 0 unspecified atom stereocenters. The number of fused-ring (bicyclic) bond motifs is 1. The molecule has 0 radical (unpaired) electrons. The number of nitriles is 1. The number of nitrogens with one attached hydrogen (secondary N) is 1. The molecular formula is C22H23N5OS2. The smallest absolute Gasteiger partial charge is 0.235 e. The molecule has 0 atom stereocenters. The highest BCUT2D eigenvalue weighted by atomic mass is 32.2. The number of thioether (sulfide) groups is 1. The summed E-state index contributed by atoms with van der Waals surface area (Å²) in [6.07, 6.45) is 4.19. The molecule has 154 valence electrons. The van der Waals surface area contributed by atoms with Gasteiger partial charge in [-0.2, -0.15) is 5.26 Å². The van der Waals surface area contributed by atoms with Gasteiger partial charge in [0, 0.05) is 17.0 Å². The molecule has 6 nitrogen and oxygen atoms in total. The minimum Gasteiger partial charge on any atom is -0.316 e. The summed E-state index contributed by atoms with van der Waals surface area (Å²) in [5.41, 5.74) is 3.98. The number of carbonyl (C=O) groups is 1. The number of hydrogen-bond donors (Lipinski definition) is 1. The molecule has 2 aromatic heterocycles. The van der Waals surface area contributed by atoms with Gasteiger partial charge in [0.2, 0.25) is 5.91 Å². The van der Waals surface area contributed by atoms with Crippen molar-refractivity contribution in [3.05, 3.63) is 45.8 Å². The highest BCUT2D eigenvalue weighted by Gasteiger charge is 2.22. The summed E-state index contributed by atoms with van der Waals surface area (Å²) in [6, 6.07) is 10.5. The molecule has 0 fully saturated rings. The second kappa shape index (κ2) is 9.02. The number of thiophene rings is 1. The monoisotopic (exact) mass is 437 g/mol. The average Bonchev–Trinajstić information content (AvgIpc) is 3.33. The molecule has 1 amide bonds. The Morgan fingerprint density at radius 2 is 2.03 bits per heavy atom. The van der Waals surface area contributed by atoms with Crippen LogP contribution in [0.4, 0.5) is 5.00 Å². The quantitative estimate of drug-likeness (QED) is 0.559. The van der Waals surface area contributed by atoms with Crippen LogP contribution in [0.3, 0.4) is 0 Å². The molecule has 4 rings (SSSR count). The molecule has 3 aromatic rings. The van der Waals surface area contributed by atoms with Crippen molar-refractivity contribution >= 4 is 34.0 Å². The Morgan fingerprint density at radius 1 is 1.27 bits per heavy atom. The van der Waals surface area contributed by atoms with E-state index in [2.05, 4.69) is 40.6 Å². The summed E-state index contributed by atoms with van der Waals surface area (Å²) in [7, 11) is 0. The summed E-state index contributed by atoms with van der Waals surface area (Å²) < 4.78 is 2.02. The van der Waals surface area contributed by atoms with E-state index >= 15 is 0 Å². The average molecular weight is 438 g/mol. The van der Waals surface area contributed by atoms with Gasteiger partial charge < -0.3 is 9.88 Å². The molecule has 1 aliphatic carbocycles. The standard InChI is InChI=1S/C22H23N5OS2/c1-3-27-20(15-10-8-14(2)9-11-15)25-26-22(27)29-13-19(28)24-21-17(12-23)16-6-4-5-7-18(16)30-21/h8-11H,3-7,13H2,1-2H3,(H,24,28). The third-order valence-corrected chi connectivity index (χ3v) is 7.39. The molecule has 0 saturated carbocycles. The first-order valence-corrected chi connectivity index (χ1v) is 11.9. The maximum Gasteiger partial charge on any atom is 0.235 e. The van der Waals surface area contributed by atoms with E-state index in [1.165, 1.54) is 22.2 Å². The van der Waals surface area contributed by atoms with E-state index in [1.54, 1.807) is 11.3 Å². The fourth-order valence-corrected chi connectivity index (χ4v) is 5.72. The molecule has 30 heavy (non-hydrogen) atoms. The normalized spacial score (nSPS) is 13.0. The van der Waals surface area contributed by atoms with Crippen LogP contribution in [0.25, 0.3) is 11.4 Å². The molecule has 1 N–H and O–H groups in total. The van der Waals surface area contributed by atoms with Gasteiger partial charge in [0.15, 0.2) is 11.0 Å². The van der Waals surface area contributed by atoms with Gasteiger partial charge in [-0.15, -0.1) is 21.5 Å². The van der Waals surface area contributed by atoms with Gasteiger partial charge in [-0.05, 0) is 45.1 Å². The molecule has 2 heterocycles. The minimum absolute atomic E-state index is 0.127. The van der Waals surface area contributed by atoms with Crippen LogP contribution in [0.1, 0.15) is 41.3 Å². The molecular weight excluding hydrogens is 414 g/mol. The Kier molecular flexibility index (Phi) is 6.21. The summed E-state index contributed by atoms with van der Waals surface area (Å²) in [5.74, 6) is 0.898. The van der Waals surface area contributed by atoms with E-state index < -0.39 is 0 Å². The van der Waals surface area contributed by atoms with E-state index in [0.29, 0.717) is 15.7 Å². The Balaban J connectivity index is 1.45. The van der Waals surface area contributed by atoms with Gasteiger partial charge in [-0.3, -0.25) is 4.79 Å². The first-order valence-electron chi connectivity index (χ1n) is 10.1. The van der Waals surface area contributed by atoms with Crippen LogP contribution in [-0.2, 0) is 24.2 Å². The van der Waals surface area contributed by atoms with Crippen LogP contribution < -0.4 is 5.32 Å². The Labute approximate surface area is 184 Å². The highest BCUT2D eigenvalue weighted by molar-refractivity contribution is 7.99. The number of amides is 1. The fourth-order valence-electron chi connectivity index (χ4n) is 3.66. The van der Waals surface area contributed by atoms with Crippen molar-refractivity contribution < 1.29 is 4.79 Å². The zero-order valence-corrected chi connectivity index (χ0v) is 18.7. The van der Waals surface area contributed by atoms with E-state index in [-0.39, 0.29) is 11.7 Å². The second-order valence-electron chi connectivity index (χ2n) is 7.28. The van der Waals surface area contributed by atoms with Crippen molar-refractivity contribution in [3.8, 4) is 17.5 Å². The fraction of sp³-hybridized carbons (Fsp3) is 0.364. The molecule has 0 aliphatic heterocycles. The summed E-state index contributed by atoms with van der Waals surface area (Å²) >= 11 is 2.91. The Hall–Kier alpha value is -2.63. The number of aromatic nitrogens is 3. The van der Waals surface area contributed by atoms with Crippen molar-refractivity contribution in [2.75, 3.05) is 11.1 Å². The maximum absolute atomic E-state index is 12.6. The van der Waals surface area contributed by atoms with Gasteiger partial charge >= 0.3 is 0 Å². The van der Waals surface area contributed by atoms with Crippen molar-refractivity contribution in [1.29, 1.82) is 5.26 Å². The van der Waals surface area contributed by atoms with E-state index in [4.69, 9.17) is 0 Å². The molecule has 1 aliphatic rings. The van der Waals surface area contributed by atoms with Crippen LogP contribution >= 0.6 is 23.1 Å². The largest absolute Gasteiger partial charge is 0.316 e.